The summed E-state index contributed by atoms with van der Waals surface area (Å²) >= 11 is 0. The summed E-state index contributed by atoms with van der Waals surface area (Å²) in [4.78, 5) is 27.2. The molecular weight excluding hydrogens is 358 g/mol. The molecule has 0 saturated carbocycles. The number of carbonyl (C=O) groups is 1. The zero-order valence-corrected chi connectivity index (χ0v) is 16.0. The van der Waals surface area contributed by atoms with Crippen LogP contribution in [-0.2, 0) is 13.6 Å². The van der Waals surface area contributed by atoms with Crippen molar-refractivity contribution < 1.29 is 4.79 Å². The zero-order valence-electron chi connectivity index (χ0n) is 16.0. The maximum absolute atomic E-state index is 13.2. The number of aryl methyl sites for hydroxylation is 1. The zero-order chi connectivity index (χ0) is 19.7. The normalized spacial score (nSPS) is 17.1. The Labute approximate surface area is 162 Å². The number of para-hydroxylation sites is 1. The fraction of sp³-hybridized carbons (Fsp3) is 0.421. The van der Waals surface area contributed by atoms with Crippen LogP contribution in [-0.4, -0.2) is 53.2 Å². The van der Waals surface area contributed by atoms with E-state index >= 15 is 0 Å². The topological polar surface area (TPSA) is 90.8 Å². The van der Waals surface area contributed by atoms with Gasteiger partial charge in [-0.3, -0.25) is 9.36 Å². The molecule has 0 bridgehead atoms. The molecule has 3 heterocycles. The Kier molecular flexibility index (Phi) is 4.81. The predicted molar refractivity (Wildman–Crippen MR) is 102 cm³/mol. The Balaban J connectivity index is 1.60. The molecule has 1 unspecified atom stereocenters. The molecule has 1 fully saturated rings. The fourth-order valence-electron chi connectivity index (χ4n) is 3.80. The average Bonchev–Trinajstić information content (AvgIpc) is 3.33. The van der Waals surface area contributed by atoms with Crippen LogP contribution in [0.25, 0.3) is 5.69 Å². The molecule has 0 aliphatic carbocycles. The monoisotopic (exact) mass is 381 g/mol. The largest absolute Gasteiger partial charge is 0.345 e. The third-order valence-corrected chi connectivity index (χ3v) is 5.20. The minimum Gasteiger partial charge on any atom is -0.337 e. The summed E-state index contributed by atoms with van der Waals surface area (Å²) in [5, 5.41) is 12.4. The molecule has 1 atom stereocenters. The summed E-state index contributed by atoms with van der Waals surface area (Å²) < 4.78 is 4.62. The number of likely N-dealkylation sites (tertiary alicyclic amines) is 1. The number of carbonyl (C=O) groups excluding carboxylic acids is 1. The van der Waals surface area contributed by atoms with Crippen LogP contribution in [0.15, 0.2) is 41.3 Å². The van der Waals surface area contributed by atoms with Crippen molar-refractivity contribution in [2.75, 3.05) is 13.1 Å². The lowest BCUT2D eigenvalue weighted by Gasteiger charge is -2.32. The minimum atomic E-state index is -0.118. The smallest absolute Gasteiger partial charge is 0.337 e. The lowest BCUT2D eigenvalue weighted by atomic mass is 9.97. The van der Waals surface area contributed by atoms with Crippen molar-refractivity contribution >= 4 is 5.91 Å². The number of hydrogen-bond donors (Lipinski definition) is 0. The first-order chi connectivity index (χ1) is 13.6. The van der Waals surface area contributed by atoms with Crippen molar-refractivity contribution in [1.82, 2.24) is 34.2 Å². The molecule has 0 radical (unpaired) electrons. The summed E-state index contributed by atoms with van der Waals surface area (Å²) in [6, 6.07) is 9.48. The van der Waals surface area contributed by atoms with Gasteiger partial charge in [0, 0.05) is 32.6 Å². The van der Waals surface area contributed by atoms with E-state index < -0.39 is 0 Å². The van der Waals surface area contributed by atoms with Crippen LogP contribution in [0.2, 0.25) is 0 Å². The molecule has 9 nitrogen and oxygen atoms in total. The average molecular weight is 381 g/mol. The summed E-state index contributed by atoms with van der Waals surface area (Å²) in [6.45, 7) is 3.69. The number of piperidine rings is 1. The number of benzene rings is 1. The summed E-state index contributed by atoms with van der Waals surface area (Å²) in [5.74, 6) is 0.676. The Morgan fingerprint density at radius 2 is 2.04 bits per heavy atom. The van der Waals surface area contributed by atoms with Gasteiger partial charge in [0.2, 0.25) is 0 Å². The quantitative estimate of drug-likeness (QED) is 0.677. The minimum absolute atomic E-state index is 0.0348. The van der Waals surface area contributed by atoms with Crippen molar-refractivity contribution in [3.05, 3.63) is 58.5 Å². The van der Waals surface area contributed by atoms with Gasteiger partial charge in [-0.2, -0.15) is 5.10 Å². The molecule has 1 aliphatic heterocycles. The van der Waals surface area contributed by atoms with Crippen LogP contribution in [0.3, 0.4) is 0 Å². The Hall–Kier alpha value is -3.23. The van der Waals surface area contributed by atoms with Crippen LogP contribution in [0.4, 0.5) is 0 Å². The first-order valence-corrected chi connectivity index (χ1v) is 9.49. The van der Waals surface area contributed by atoms with Gasteiger partial charge < -0.3 is 4.90 Å². The maximum atomic E-state index is 13.2. The van der Waals surface area contributed by atoms with Crippen molar-refractivity contribution in [3.8, 4) is 5.69 Å². The molecule has 1 saturated heterocycles. The van der Waals surface area contributed by atoms with Crippen molar-refractivity contribution in [2.24, 2.45) is 7.05 Å². The first-order valence-electron chi connectivity index (χ1n) is 9.49. The molecule has 0 spiro atoms. The summed E-state index contributed by atoms with van der Waals surface area (Å²) in [6.07, 6.45) is 3.26. The van der Waals surface area contributed by atoms with Gasteiger partial charge in [0.05, 0.1) is 11.9 Å². The number of nitrogens with zero attached hydrogens (tertiary/aromatic N) is 7. The lowest BCUT2D eigenvalue weighted by molar-refractivity contribution is 0.0694. The van der Waals surface area contributed by atoms with E-state index in [0.29, 0.717) is 25.3 Å². The van der Waals surface area contributed by atoms with Crippen LogP contribution in [0, 0.1) is 0 Å². The molecule has 4 rings (SSSR count). The van der Waals surface area contributed by atoms with Crippen molar-refractivity contribution in [2.45, 2.75) is 32.2 Å². The number of aromatic nitrogens is 6. The van der Waals surface area contributed by atoms with Gasteiger partial charge in [-0.15, -0.1) is 5.10 Å². The van der Waals surface area contributed by atoms with Gasteiger partial charge in [0.25, 0.3) is 5.91 Å². The van der Waals surface area contributed by atoms with Crippen LogP contribution in [0.1, 0.15) is 42.0 Å². The highest BCUT2D eigenvalue weighted by Gasteiger charge is 2.31. The third kappa shape index (κ3) is 3.12. The highest BCUT2D eigenvalue weighted by atomic mass is 16.2. The number of hydrogen-bond acceptors (Lipinski definition) is 5. The highest BCUT2D eigenvalue weighted by molar-refractivity contribution is 5.93. The van der Waals surface area contributed by atoms with E-state index in [0.717, 1.165) is 24.4 Å². The van der Waals surface area contributed by atoms with Gasteiger partial charge in [-0.25, -0.2) is 14.2 Å². The third-order valence-electron chi connectivity index (χ3n) is 5.20. The Bertz CT molecular complexity index is 1030. The number of amides is 1. The van der Waals surface area contributed by atoms with Crippen molar-refractivity contribution in [3.63, 3.8) is 0 Å². The van der Waals surface area contributed by atoms with E-state index in [1.807, 2.05) is 42.2 Å². The predicted octanol–water partition coefficient (Wildman–Crippen LogP) is 1.20. The van der Waals surface area contributed by atoms with E-state index in [2.05, 4.69) is 15.4 Å². The van der Waals surface area contributed by atoms with Crippen LogP contribution >= 0.6 is 0 Å². The van der Waals surface area contributed by atoms with Gasteiger partial charge in [-0.1, -0.05) is 23.4 Å². The Morgan fingerprint density at radius 1 is 1.25 bits per heavy atom. The molecule has 3 aromatic rings. The number of rotatable bonds is 4. The van der Waals surface area contributed by atoms with Crippen LogP contribution < -0.4 is 5.69 Å². The first kappa shape index (κ1) is 18.1. The second kappa shape index (κ2) is 7.41. The van der Waals surface area contributed by atoms with E-state index in [1.165, 1.54) is 10.9 Å². The van der Waals surface area contributed by atoms with Gasteiger partial charge in [0.1, 0.15) is 5.82 Å². The van der Waals surface area contributed by atoms with Gasteiger partial charge in [0.15, 0.2) is 5.69 Å². The highest BCUT2D eigenvalue weighted by Crippen LogP contribution is 2.26. The van der Waals surface area contributed by atoms with E-state index in [1.54, 1.807) is 16.3 Å². The SMILES string of the molecule is CCn1c(C2CCCN(C(=O)c3cnnn3-c3ccccc3)C2)nn(C)c1=O. The molecule has 9 heteroatoms. The Morgan fingerprint density at radius 3 is 2.79 bits per heavy atom. The maximum Gasteiger partial charge on any atom is 0.345 e. The molecule has 28 heavy (non-hydrogen) atoms. The lowest BCUT2D eigenvalue weighted by Crippen LogP contribution is -2.40. The molecule has 1 aromatic carbocycles. The molecule has 1 aliphatic rings. The van der Waals surface area contributed by atoms with E-state index in [-0.39, 0.29) is 17.5 Å². The second-order valence-corrected chi connectivity index (χ2v) is 6.97. The van der Waals surface area contributed by atoms with E-state index in [4.69, 9.17) is 0 Å². The van der Waals surface area contributed by atoms with E-state index in [9.17, 15) is 9.59 Å². The fourth-order valence-corrected chi connectivity index (χ4v) is 3.80. The van der Waals surface area contributed by atoms with Gasteiger partial charge >= 0.3 is 5.69 Å². The second-order valence-electron chi connectivity index (χ2n) is 6.97. The molecule has 1 amide bonds. The standard InChI is InChI=1S/C19H23N7O2/c1-3-25-17(21-23(2)19(25)28)14-8-7-11-24(13-14)18(27)16-12-20-22-26(16)15-9-5-4-6-10-15/h4-6,9-10,12,14H,3,7-8,11,13H2,1-2H3. The van der Waals surface area contributed by atoms with Crippen LogP contribution in [0.5, 0.6) is 0 Å². The summed E-state index contributed by atoms with van der Waals surface area (Å²) in [7, 11) is 1.66. The molecular formula is C19H23N7O2. The molecule has 0 N–H and O–H groups in total. The van der Waals surface area contributed by atoms with Crippen molar-refractivity contribution in [1.29, 1.82) is 0 Å². The molecule has 2 aromatic heterocycles. The molecule has 146 valence electrons. The summed E-state index contributed by atoms with van der Waals surface area (Å²) in [5.41, 5.74) is 1.11. The van der Waals surface area contributed by atoms with Gasteiger partial charge in [-0.05, 0) is 31.9 Å².